The van der Waals surface area contributed by atoms with Gasteiger partial charge in [0, 0.05) is 0 Å². The normalized spacial score (nSPS) is 15.2. The van der Waals surface area contributed by atoms with Crippen molar-refractivity contribution in [2.45, 2.75) is 6.61 Å². The fourth-order valence-corrected chi connectivity index (χ4v) is 4.13. The molecule has 0 N–H and O–H groups in total. The number of para-hydroxylation sites is 1. The molecule has 0 spiro atoms. The molecule has 29 heavy (non-hydrogen) atoms. The minimum absolute atomic E-state index is 0.122. The number of ether oxygens (including phenoxy) is 1. The number of thiocarbonyl (C=S) groups is 1. The van der Waals surface area contributed by atoms with E-state index in [0.717, 1.165) is 16.8 Å². The van der Waals surface area contributed by atoms with Gasteiger partial charge in [0.05, 0.1) is 10.6 Å². The van der Waals surface area contributed by atoms with Gasteiger partial charge in [0.25, 0.3) is 5.91 Å². The Labute approximate surface area is 177 Å². The lowest BCUT2D eigenvalue weighted by atomic mass is 10.2. The van der Waals surface area contributed by atoms with Crippen molar-refractivity contribution in [3.63, 3.8) is 0 Å². The van der Waals surface area contributed by atoms with Gasteiger partial charge >= 0.3 is 0 Å². The van der Waals surface area contributed by atoms with Gasteiger partial charge in [-0.3, -0.25) is 9.69 Å². The SMILES string of the molecule is O=C1C(=Cc2ccc(OCc3ccc(F)cc3)cc2)SC(=S)N1c1ccccc1. The zero-order chi connectivity index (χ0) is 20.2. The first-order valence-electron chi connectivity index (χ1n) is 8.90. The summed E-state index contributed by atoms with van der Waals surface area (Å²) in [4.78, 5) is 14.9. The van der Waals surface area contributed by atoms with E-state index >= 15 is 0 Å². The molecular formula is C23H16FNO2S2. The molecule has 0 radical (unpaired) electrons. The highest BCUT2D eigenvalue weighted by Gasteiger charge is 2.33. The van der Waals surface area contributed by atoms with E-state index in [1.54, 1.807) is 17.0 Å². The Morgan fingerprint density at radius 2 is 1.66 bits per heavy atom. The van der Waals surface area contributed by atoms with Gasteiger partial charge in [-0.15, -0.1) is 0 Å². The van der Waals surface area contributed by atoms with Gasteiger partial charge in [0.2, 0.25) is 0 Å². The van der Waals surface area contributed by atoms with Crippen molar-refractivity contribution in [2.75, 3.05) is 4.90 Å². The van der Waals surface area contributed by atoms with Crippen molar-refractivity contribution in [3.8, 4) is 5.75 Å². The molecular weight excluding hydrogens is 405 g/mol. The van der Waals surface area contributed by atoms with E-state index in [0.29, 0.717) is 21.6 Å². The number of carbonyl (C=O) groups is 1. The zero-order valence-corrected chi connectivity index (χ0v) is 16.9. The third kappa shape index (κ3) is 4.55. The fourth-order valence-electron chi connectivity index (χ4n) is 2.83. The van der Waals surface area contributed by atoms with Crippen LogP contribution in [-0.4, -0.2) is 10.2 Å². The second-order valence-electron chi connectivity index (χ2n) is 6.34. The molecule has 3 aromatic rings. The summed E-state index contributed by atoms with van der Waals surface area (Å²) >= 11 is 6.68. The number of rotatable bonds is 5. The molecule has 1 aliphatic heterocycles. The molecule has 4 rings (SSSR count). The van der Waals surface area contributed by atoms with Crippen LogP contribution in [0, 0.1) is 5.82 Å². The average Bonchev–Trinajstić information content (AvgIpc) is 3.02. The van der Waals surface area contributed by atoms with E-state index in [1.807, 2.05) is 60.7 Å². The smallest absolute Gasteiger partial charge is 0.270 e. The summed E-state index contributed by atoms with van der Waals surface area (Å²) in [5.41, 5.74) is 2.54. The van der Waals surface area contributed by atoms with Crippen LogP contribution < -0.4 is 9.64 Å². The van der Waals surface area contributed by atoms with Crippen LogP contribution in [-0.2, 0) is 11.4 Å². The maximum Gasteiger partial charge on any atom is 0.270 e. The number of anilines is 1. The number of hydrogen-bond donors (Lipinski definition) is 0. The van der Waals surface area contributed by atoms with Crippen LogP contribution in [0.5, 0.6) is 5.75 Å². The van der Waals surface area contributed by atoms with Crippen molar-refractivity contribution in [2.24, 2.45) is 0 Å². The first-order chi connectivity index (χ1) is 14.1. The Morgan fingerprint density at radius 3 is 2.34 bits per heavy atom. The lowest BCUT2D eigenvalue weighted by molar-refractivity contribution is -0.113. The first-order valence-corrected chi connectivity index (χ1v) is 10.1. The van der Waals surface area contributed by atoms with E-state index in [4.69, 9.17) is 17.0 Å². The van der Waals surface area contributed by atoms with Crippen LogP contribution in [0.2, 0.25) is 0 Å². The fraction of sp³-hybridized carbons (Fsp3) is 0.0435. The molecule has 0 aromatic heterocycles. The van der Waals surface area contributed by atoms with Crippen LogP contribution >= 0.6 is 24.0 Å². The van der Waals surface area contributed by atoms with E-state index in [-0.39, 0.29) is 11.7 Å². The third-order valence-corrected chi connectivity index (χ3v) is 5.61. The Balaban J connectivity index is 1.44. The maximum absolute atomic E-state index is 13.0. The minimum atomic E-state index is -0.268. The number of hydrogen-bond acceptors (Lipinski definition) is 4. The standard InChI is InChI=1S/C23H16FNO2S2/c24-18-10-6-17(7-11-18)15-27-20-12-8-16(9-13-20)14-21-22(26)25(23(28)29-21)19-4-2-1-3-5-19/h1-14H,15H2. The summed E-state index contributed by atoms with van der Waals surface area (Å²) < 4.78 is 19.2. The predicted octanol–water partition coefficient (Wildman–Crippen LogP) is 5.81. The second kappa shape index (κ2) is 8.59. The largest absolute Gasteiger partial charge is 0.489 e. The quantitative estimate of drug-likeness (QED) is 0.384. The van der Waals surface area contributed by atoms with E-state index < -0.39 is 0 Å². The van der Waals surface area contributed by atoms with Crippen LogP contribution in [0.4, 0.5) is 10.1 Å². The summed E-state index contributed by atoms with van der Waals surface area (Å²) in [6, 6.07) is 23.0. The Bertz CT molecular complexity index is 1060. The second-order valence-corrected chi connectivity index (χ2v) is 8.01. The lowest BCUT2D eigenvalue weighted by Gasteiger charge is -2.13. The van der Waals surface area contributed by atoms with Crippen molar-refractivity contribution < 1.29 is 13.9 Å². The monoisotopic (exact) mass is 421 g/mol. The molecule has 0 aliphatic carbocycles. The van der Waals surface area contributed by atoms with Crippen molar-refractivity contribution in [3.05, 3.63) is 101 Å². The van der Waals surface area contributed by atoms with Crippen LogP contribution in [0.1, 0.15) is 11.1 Å². The molecule has 0 unspecified atom stereocenters. The summed E-state index contributed by atoms with van der Waals surface area (Å²) in [5.74, 6) is 0.307. The molecule has 0 saturated carbocycles. The zero-order valence-electron chi connectivity index (χ0n) is 15.2. The Morgan fingerprint density at radius 1 is 0.966 bits per heavy atom. The topological polar surface area (TPSA) is 29.5 Å². The minimum Gasteiger partial charge on any atom is -0.489 e. The molecule has 1 heterocycles. The predicted molar refractivity (Wildman–Crippen MR) is 119 cm³/mol. The first kappa shape index (κ1) is 19.4. The summed E-state index contributed by atoms with van der Waals surface area (Å²) in [7, 11) is 0. The van der Waals surface area contributed by atoms with Gasteiger partial charge < -0.3 is 4.74 Å². The number of halogens is 1. The van der Waals surface area contributed by atoms with Crippen LogP contribution in [0.3, 0.4) is 0 Å². The average molecular weight is 422 g/mol. The lowest BCUT2D eigenvalue weighted by Crippen LogP contribution is -2.27. The van der Waals surface area contributed by atoms with Gasteiger partial charge in [-0.1, -0.05) is 66.4 Å². The summed E-state index contributed by atoms with van der Waals surface area (Å²) in [5, 5.41) is 0. The summed E-state index contributed by atoms with van der Waals surface area (Å²) in [6.45, 7) is 0.357. The number of carbonyl (C=O) groups excluding carboxylic acids is 1. The maximum atomic E-state index is 13.0. The highest BCUT2D eigenvalue weighted by molar-refractivity contribution is 8.27. The van der Waals surface area contributed by atoms with Gasteiger partial charge in [-0.05, 0) is 53.6 Å². The van der Waals surface area contributed by atoms with Gasteiger partial charge in [0.1, 0.15) is 18.2 Å². The number of nitrogens with zero attached hydrogens (tertiary/aromatic N) is 1. The van der Waals surface area contributed by atoms with E-state index in [9.17, 15) is 9.18 Å². The molecule has 3 nitrogen and oxygen atoms in total. The molecule has 1 aliphatic rings. The molecule has 3 aromatic carbocycles. The molecule has 6 heteroatoms. The van der Waals surface area contributed by atoms with Crippen molar-refractivity contribution >= 4 is 46.0 Å². The molecule has 1 fully saturated rings. The van der Waals surface area contributed by atoms with Crippen LogP contribution in [0.15, 0.2) is 83.8 Å². The van der Waals surface area contributed by atoms with E-state index in [1.165, 1.54) is 23.9 Å². The molecule has 0 bridgehead atoms. The highest BCUT2D eigenvalue weighted by Crippen LogP contribution is 2.36. The summed E-state index contributed by atoms with van der Waals surface area (Å²) in [6.07, 6.45) is 1.83. The Kier molecular flexibility index (Phi) is 5.74. The molecule has 0 atom stereocenters. The highest BCUT2D eigenvalue weighted by atomic mass is 32.2. The van der Waals surface area contributed by atoms with E-state index in [2.05, 4.69) is 0 Å². The Hall–Kier alpha value is -2.96. The van der Waals surface area contributed by atoms with Crippen molar-refractivity contribution in [1.82, 2.24) is 0 Å². The van der Waals surface area contributed by atoms with Gasteiger partial charge in [-0.2, -0.15) is 0 Å². The molecule has 1 saturated heterocycles. The third-order valence-electron chi connectivity index (χ3n) is 4.30. The van der Waals surface area contributed by atoms with Gasteiger partial charge in [-0.25, -0.2) is 4.39 Å². The van der Waals surface area contributed by atoms with Crippen molar-refractivity contribution in [1.29, 1.82) is 0 Å². The van der Waals surface area contributed by atoms with Gasteiger partial charge in [0.15, 0.2) is 4.32 Å². The number of thioether (sulfide) groups is 1. The number of benzene rings is 3. The van der Waals surface area contributed by atoms with Crippen LogP contribution in [0.25, 0.3) is 6.08 Å². The number of amides is 1. The molecule has 144 valence electrons. The molecule has 1 amide bonds.